The Morgan fingerprint density at radius 1 is 1.57 bits per heavy atom. The zero-order valence-corrected chi connectivity index (χ0v) is 10.3. The van der Waals surface area contributed by atoms with Gasteiger partial charge in [-0.1, -0.05) is 0 Å². The molecule has 1 fully saturated rings. The number of thioether (sulfide) groups is 1. The summed E-state index contributed by atoms with van der Waals surface area (Å²) in [4.78, 5) is 14.0. The van der Waals surface area contributed by atoms with Gasteiger partial charge in [0.15, 0.2) is 0 Å². The van der Waals surface area contributed by atoms with Gasteiger partial charge in [-0.2, -0.15) is 12.6 Å². The van der Waals surface area contributed by atoms with Crippen molar-refractivity contribution in [3.8, 4) is 0 Å². The number of fused-ring (bicyclic) bond motifs is 1. The molecule has 2 rings (SSSR count). The van der Waals surface area contributed by atoms with Crippen LogP contribution >= 0.6 is 24.4 Å². The van der Waals surface area contributed by atoms with Crippen molar-refractivity contribution in [3.05, 3.63) is 10.6 Å². The maximum Gasteiger partial charge on any atom is 0.237 e. The lowest BCUT2D eigenvalue weighted by molar-refractivity contribution is -0.133. The molecule has 2 nitrogen and oxygen atoms in total. The number of nitrogens with zero attached hydrogens (tertiary/aromatic N) is 1. The van der Waals surface area contributed by atoms with Crippen LogP contribution in [-0.2, 0) is 4.79 Å². The molecule has 0 unspecified atom stereocenters. The molecule has 2 aliphatic heterocycles. The molecular weight excluding hydrogens is 214 g/mol. The summed E-state index contributed by atoms with van der Waals surface area (Å²) in [6, 6.07) is 0. The van der Waals surface area contributed by atoms with E-state index in [0.29, 0.717) is 5.75 Å². The number of carbonyl (C=O) groups excluding carboxylic acids is 1. The molecule has 0 aromatic carbocycles. The van der Waals surface area contributed by atoms with Crippen molar-refractivity contribution < 1.29 is 4.79 Å². The summed E-state index contributed by atoms with van der Waals surface area (Å²) in [7, 11) is 0. The minimum Gasteiger partial charge on any atom is -0.306 e. The topological polar surface area (TPSA) is 20.3 Å². The van der Waals surface area contributed by atoms with E-state index in [9.17, 15) is 4.79 Å². The quantitative estimate of drug-likeness (QED) is 0.695. The highest BCUT2D eigenvalue weighted by Crippen LogP contribution is 2.46. The molecule has 0 radical (unpaired) electrons. The molecule has 2 heterocycles. The molecule has 14 heavy (non-hydrogen) atoms. The second kappa shape index (κ2) is 3.49. The normalized spacial score (nSPS) is 25.6. The Labute approximate surface area is 94.5 Å². The van der Waals surface area contributed by atoms with E-state index in [1.807, 2.05) is 30.5 Å². The van der Waals surface area contributed by atoms with Crippen LogP contribution in [0.1, 0.15) is 20.3 Å². The number of rotatable bonds is 1. The minimum atomic E-state index is -0.325. The number of hydrogen-bond acceptors (Lipinski definition) is 3. The van der Waals surface area contributed by atoms with Crippen LogP contribution in [0.5, 0.6) is 0 Å². The fourth-order valence-electron chi connectivity index (χ4n) is 2.01. The fraction of sp³-hybridized carbons (Fsp3) is 0.700. The number of amides is 1. The Hall–Kier alpha value is -0.0900. The van der Waals surface area contributed by atoms with Crippen molar-refractivity contribution in [2.24, 2.45) is 5.41 Å². The van der Waals surface area contributed by atoms with Crippen LogP contribution in [0, 0.1) is 5.41 Å². The van der Waals surface area contributed by atoms with Crippen molar-refractivity contribution >= 4 is 30.3 Å². The first-order chi connectivity index (χ1) is 6.59. The number of thiol groups is 1. The molecule has 0 atom stereocenters. The van der Waals surface area contributed by atoms with Crippen LogP contribution in [0.2, 0.25) is 0 Å². The highest BCUT2D eigenvalue weighted by atomic mass is 32.2. The van der Waals surface area contributed by atoms with Gasteiger partial charge in [-0.3, -0.25) is 4.79 Å². The van der Waals surface area contributed by atoms with Gasteiger partial charge in [0.2, 0.25) is 5.91 Å². The van der Waals surface area contributed by atoms with Crippen LogP contribution < -0.4 is 0 Å². The van der Waals surface area contributed by atoms with Crippen LogP contribution in [0.4, 0.5) is 0 Å². The molecule has 2 aliphatic rings. The third kappa shape index (κ3) is 1.31. The second-order valence-electron chi connectivity index (χ2n) is 4.23. The summed E-state index contributed by atoms with van der Waals surface area (Å²) >= 11 is 6.14. The van der Waals surface area contributed by atoms with Gasteiger partial charge < -0.3 is 4.90 Å². The smallest absolute Gasteiger partial charge is 0.237 e. The summed E-state index contributed by atoms with van der Waals surface area (Å²) in [6.07, 6.45) is 1.11. The van der Waals surface area contributed by atoms with Crippen molar-refractivity contribution in [1.82, 2.24) is 4.90 Å². The lowest BCUT2D eigenvalue weighted by Gasteiger charge is -2.25. The van der Waals surface area contributed by atoms with E-state index in [1.54, 1.807) is 0 Å². The Balaban J connectivity index is 2.43. The first-order valence-electron chi connectivity index (χ1n) is 4.88. The van der Waals surface area contributed by atoms with E-state index in [1.165, 1.54) is 10.6 Å². The van der Waals surface area contributed by atoms with Gasteiger partial charge in [-0.15, -0.1) is 11.8 Å². The molecule has 1 saturated heterocycles. The molecule has 0 aromatic heterocycles. The number of hydrogen-bond donors (Lipinski definition) is 1. The molecule has 0 spiro atoms. The maximum absolute atomic E-state index is 12.1. The van der Waals surface area contributed by atoms with Crippen molar-refractivity contribution in [2.75, 3.05) is 18.1 Å². The van der Waals surface area contributed by atoms with Gasteiger partial charge in [-0.25, -0.2) is 0 Å². The molecule has 0 saturated carbocycles. The van der Waals surface area contributed by atoms with Crippen LogP contribution in [0.25, 0.3) is 0 Å². The molecule has 4 heteroatoms. The predicted octanol–water partition coefficient (Wildman–Crippen LogP) is 2.13. The summed E-state index contributed by atoms with van der Waals surface area (Å²) < 4.78 is 0. The average molecular weight is 229 g/mol. The van der Waals surface area contributed by atoms with E-state index in [0.717, 1.165) is 18.7 Å². The summed E-state index contributed by atoms with van der Waals surface area (Å²) in [5, 5.41) is 1.18. The molecule has 78 valence electrons. The van der Waals surface area contributed by atoms with Gasteiger partial charge in [-0.05, 0) is 25.8 Å². The zero-order valence-electron chi connectivity index (χ0n) is 8.54. The van der Waals surface area contributed by atoms with Crippen LogP contribution in [0.3, 0.4) is 0 Å². The van der Waals surface area contributed by atoms with E-state index in [2.05, 4.69) is 12.6 Å². The first kappa shape index (κ1) is 10.4. The average Bonchev–Trinajstić information content (AvgIpc) is 2.36. The molecular formula is C10H15NOS2. The lowest BCUT2D eigenvalue weighted by atomic mass is 9.87. The van der Waals surface area contributed by atoms with Crippen molar-refractivity contribution in [1.29, 1.82) is 0 Å². The molecule has 0 aliphatic carbocycles. The van der Waals surface area contributed by atoms with Crippen molar-refractivity contribution in [2.45, 2.75) is 20.3 Å². The van der Waals surface area contributed by atoms with E-state index in [4.69, 9.17) is 0 Å². The Bertz CT molecular complexity index is 309. The molecule has 1 amide bonds. The van der Waals surface area contributed by atoms with E-state index < -0.39 is 0 Å². The van der Waals surface area contributed by atoms with Crippen LogP contribution in [-0.4, -0.2) is 28.9 Å². The molecule has 0 aromatic rings. The van der Waals surface area contributed by atoms with E-state index >= 15 is 0 Å². The fourth-order valence-corrected chi connectivity index (χ4v) is 3.96. The third-order valence-electron chi connectivity index (χ3n) is 2.96. The monoisotopic (exact) mass is 229 g/mol. The van der Waals surface area contributed by atoms with Gasteiger partial charge in [0.1, 0.15) is 0 Å². The van der Waals surface area contributed by atoms with Crippen molar-refractivity contribution in [3.63, 3.8) is 0 Å². The molecule has 0 bridgehead atoms. The SMILES string of the molecule is CC1(C)C(=O)N2CCCSC2=C1CS. The second-order valence-corrected chi connectivity index (χ2v) is 5.63. The zero-order chi connectivity index (χ0) is 10.3. The Morgan fingerprint density at radius 2 is 2.29 bits per heavy atom. The highest BCUT2D eigenvalue weighted by molar-refractivity contribution is 8.03. The van der Waals surface area contributed by atoms with Gasteiger partial charge in [0.05, 0.1) is 10.4 Å². The van der Waals surface area contributed by atoms with Gasteiger partial charge in [0.25, 0.3) is 0 Å². The van der Waals surface area contributed by atoms with Crippen LogP contribution in [0.15, 0.2) is 10.6 Å². The first-order valence-corrected chi connectivity index (χ1v) is 6.50. The van der Waals surface area contributed by atoms with Gasteiger partial charge in [0, 0.05) is 18.1 Å². The predicted molar refractivity (Wildman–Crippen MR) is 63.4 cm³/mol. The Morgan fingerprint density at radius 3 is 2.93 bits per heavy atom. The molecule has 0 N–H and O–H groups in total. The highest BCUT2D eigenvalue weighted by Gasteiger charge is 2.45. The largest absolute Gasteiger partial charge is 0.306 e. The number of carbonyl (C=O) groups is 1. The third-order valence-corrected chi connectivity index (χ3v) is 4.51. The standard InChI is InChI=1S/C10H15NOS2/c1-10(2)7(6-13)8-11(9(10)12)4-3-5-14-8/h13H,3-6H2,1-2H3. The Kier molecular flexibility index (Phi) is 2.60. The lowest BCUT2D eigenvalue weighted by Crippen LogP contribution is -2.35. The minimum absolute atomic E-state index is 0.253. The summed E-state index contributed by atoms with van der Waals surface area (Å²) in [6.45, 7) is 4.90. The van der Waals surface area contributed by atoms with Gasteiger partial charge >= 0.3 is 0 Å². The summed E-state index contributed by atoms with van der Waals surface area (Å²) in [5.41, 5.74) is 0.879. The maximum atomic E-state index is 12.1. The van der Waals surface area contributed by atoms with E-state index in [-0.39, 0.29) is 11.3 Å². The summed E-state index contributed by atoms with van der Waals surface area (Å²) in [5.74, 6) is 2.08.